The topological polar surface area (TPSA) is 54.5 Å². The monoisotopic (exact) mass is 287 g/mol. The molecule has 2 aromatic rings. The Labute approximate surface area is 117 Å². The first-order chi connectivity index (χ1) is 9.43. The van der Waals surface area contributed by atoms with Gasteiger partial charge in [0.15, 0.2) is 0 Å². The molecule has 5 heteroatoms. The zero-order valence-corrected chi connectivity index (χ0v) is 11.9. The fraction of sp³-hybridized carbons (Fsp3) is 0.133. The fourth-order valence-electron chi connectivity index (χ4n) is 2.42. The molecule has 102 valence electrons. The summed E-state index contributed by atoms with van der Waals surface area (Å²) in [6, 6.07) is 11.4. The maximum atomic E-state index is 12.7. The lowest BCUT2D eigenvalue weighted by atomic mass is 10.1. The number of carbonyl (C=O) groups is 1. The van der Waals surface area contributed by atoms with E-state index in [0.717, 1.165) is 5.56 Å². The number of carbonyl (C=O) groups excluding carboxylic acids is 1. The van der Waals surface area contributed by atoms with Gasteiger partial charge in [-0.3, -0.25) is 4.79 Å². The van der Waals surface area contributed by atoms with E-state index in [1.807, 2.05) is 6.92 Å². The van der Waals surface area contributed by atoms with Crippen LogP contribution in [0, 0.1) is 6.92 Å². The van der Waals surface area contributed by atoms with Gasteiger partial charge in [-0.05, 0) is 31.2 Å². The molecule has 1 aliphatic rings. The molecule has 0 saturated carbocycles. The Bertz CT molecular complexity index is 825. The number of nitrogens with zero attached hydrogens (tertiary/aromatic N) is 1. The van der Waals surface area contributed by atoms with Crippen molar-refractivity contribution in [2.45, 2.75) is 16.7 Å². The molecule has 1 amide bonds. The van der Waals surface area contributed by atoms with Gasteiger partial charge in [-0.25, -0.2) is 8.42 Å². The molecule has 0 radical (unpaired) electrons. The van der Waals surface area contributed by atoms with Crippen LogP contribution in [0.5, 0.6) is 0 Å². The number of aryl methyl sites for hydroxylation is 1. The summed E-state index contributed by atoms with van der Waals surface area (Å²) in [6.45, 7) is 1.83. The highest BCUT2D eigenvalue weighted by Gasteiger charge is 2.33. The van der Waals surface area contributed by atoms with Gasteiger partial charge >= 0.3 is 0 Å². The molecule has 0 spiro atoms. The van der Waals surface area contributed by atoms with Crippen molar-refractivity contribution in [1.29, 1.82) is 0 Å². The van der Waals surface area contributed by atoms with Crippen LogP contribution in [0.2, 0.25) is 0 Å². The maximum absolute atomic E-state index is 12.7. The molecule has 0 N–H and O–H groups in total. The Morgan fingerprint density at radius 2 is 1.70 bits per heavy atom. The number of rotatable bonds is 0. The Balaban J connectivity index is 2.45. The number of fused-ring (bicyclic) bond motifs is 2. The van der Waals surface area contributed by atoms with Gasteiger partial charge in [-0.15, -0.1) is 0 Å². The minimum absolute atomic E-state index is 0.0740. The number of anilines is 1. The lowest BCUT2D eigenvalue weighted by Crippen LogP contribution is -2.25. The molecular formula is C15H13NO3S. The molecule has 0 unspecified atom stereocenters. The molecule has 0 aliphatic carbocycles. The van der Waals surface area contributed by atoms with E-state index in [9.17, 15) is 13.2 Å². The molecule has 0 saturated heterocycles. The average Bonchev–Trinajstić information content (AvgIpc) is 2.50. The van der Waals surface area contributed by atoms with Crippen molar-refractivity contribution in [2.24, 2.45) is 0 Å². The summed E-state index contributed by atoms with van der Waals surface area (Å²) >= 11 is 0. The third kappa shape index (κ3) is 1.67. The van der Waals surface area contributed by atoms with Gasteiger partial charge in [0.25, 0.3) is 5.91 Å². The zero-order chi connectivity index (χ0) is 14.5. The van der Waals surface area contributed by atoms with E-state index >= 15 is 0 Å². The Morgan fingerprint density at radius 1 is 1.00 bits per heavy atom. The number of para-hydroxylation sites is 1. The lowest BCUT2D eigenvalue weighted by molar-refractivity contribution is 0.0990. The standard InChI is InChI=1S/C15H13NO3S/c1-10-7-8-13-11(9-10)15(17)16(2)12-5-3-4-6-14(12)20(13,18)19/h3-9H,1-2H3. The predicted molar refractivity (Wildman–Crippen MR) is 75.8 cm³/mol. The number of benzene rings is 2. The summed E-state index contributed by atoms with van der Waals surface area (Å²) in [7, 11) is -2.09. The van der Waals surface area contributed by atoms with Crippen LogP contribution in [0.3, 0.4) is 0 Å². The Kier molecular flexibility index (Phi) is 2.69. The highest BCUT2D eigenvalue weighted by Crippen LogP contribution is 2.36. The summed E-state index contributed by atoms with van der Waals surface area (Å²) in [5.74, 6) is -0.308. The van der Waals surface area contributed by atoms with Crippen molar-refractivity contribution < 1.29 is 13.2 Å². The third-order valence-electron chi connectivity index (χ3n) is 3.48. The molecule has 0 aromatic heterocycles. The second kappa shape index (κ2) is 4.18. The number of hydrogen-bond acceptors (Lipinski definition) is 3. The van der Waals surface area contributed by atoms with Crippen molar-refractivity contribution in [3.63, 3.8) is 0 Å². The first-order valence-corrected chi connectivity index (χ1v) is 7.64. The number of sulfone groups is 1. The molecule has 0 fully saturated rings. The SMILES string of the molecule is Cc1ccc2c(c1)C(=O)N(C)c1ccccc1S2(=O)=O. The molecule has 1 heterocycles. The lowest BCUT2D eigenvalue weighted by Gasteiger charge is -2.16. The first kappa shape index (κ1) is 12.9. The van der Waals surface area contributed by atoms with Gasteiger partial charge in [-0.2, -0.15) is 0 Å². The van der Waals surface area contributed by atoms with Crippen molar-refractivity contribution in [2.75, 3.05) is 11.9 Å². The van der Waals surface area contributed by atoms with Crippen LogP contribution in [0.25, 0.3) is 0 Å². The Morgan fingerprint density at radius 3 is 2.45 bits per heavy atom. The van der Waals surface area contributed by atoms with Crippen molar-refractivity contribution in [3.05, 3.63) is 53.6 Å². The van der Waals surface area contributed by atoms with E-state index in [4.69, 9.17) is 0 Å². The van der Waals surface area contributed by atoms with E-state index in [-0.39, 0.29) is 21.3 Å². The number of amides is 1. The second-order valence-corrected chi connectivity index (χ2v) is 6.72. The summed E-state index contributed by atoms with van der Waals surface area (Å²) in [4.78, 5) is 14.1. The van der Waals surface area contributed by atoms with Crippen LogP contribution in [0.15, 0.2) is 52.3 Å². The smallest absolute Gasteiger partial charge is 0.259 e. The highest BCUT2D eigenvalue weighted by molar-refractivity contribution is 7.91. The predicted octanol–water partition coefficient (Wildman–Crippen LogP) is 2.42. The molecule has 4 nitrogen and oxygen atoms in total. The van der Waals surface area contributed by atoms with E-state index < -0.39 is 9.84 Å². The number of hydrogen-bond donors (Lipinski definition) is 0. The van der Waals surface area contributed by atoms with Gasteiger partial charge in [0, 0.05) is 7.05 Å². The molecule has 2 aromatic carbocycles. The molecule has 3 rings (SSSR count). The van der Waals surface area contributed by atoms with Crippen LogP contribution in [0.1, 0.15) is 15.9 Å². The maximum Gasteiger partial charge on any atom is 0.259 e. The van der Waals surface area contributed by atoms with E-state index in [1.54, 1.807) is 37.4 Å². The minimum Gasteiger partial charge on any atom is -0.310 e. The first-order valence-electron chi connectivity index (χ1n) is 6.16. The van der Waals surface area contributed by atoms with Gasteiger partial charge < -0.3 is 4.90 Å². The quantitative estimate of drug-likeness (QED) is 0.747. The van der Waals surface area contributed by atoms with Gasteiger partial charge in [0.05, 0.1) is 21.0 Å². The van der Waals surface area contributed by atoms with E-state index in [0.29, 0.717) is 5.69 Å². The average molecular weight is 287 g/mol. The van der Waals surface area contributed by atoms with Crippen LogP contribution >= 0.6 is 0 Å². The summed E-state index contributed by atoms with van der Waals surface area (Å²) in [5, 5.41) is 0. The van der Waals surface area contributed by atoms with E-state index in [1.165, 1.54) is 17.0 Å². The van der Waals surface area contributed by atoms with E-state index in [2.05, 4.69) is 0 Å². The second-order valence-electron chi connectivity index (χ2n) is 4.83. The van der Waals surface area contributed by atoms with Crippen LogP contribution in [-0.4, -0.2) is 21.4 Å². The zero-order valence-electron chi connectivity index (χ0n) is 11.1. The Hall–Kier alpha value is -2.14. The fourth-order valence-corrected chi connectivity index (χ4v) is 4.07. The largest absolute Gasteiger partial charge is 0.310 e. The van der Waals surface area contributed by atoms with Crippen molar-refractivity contribution >= 4 is 21.4 Å². The molecule has 1 aliphatic heterocycles. The molecule has 0 atom stereocenters. The summed E-state index contributed by atoms with van der Waals surface area (Å²) in [6.07, 6.45) is 0. The third-order valence-corrected chi connectivity index (χ3v) is 5.34. The van der Waals surface area contributed by atoms with Crippen LogP contribution < -0.4 is 4.90 Å². The molecule has 0 bridgehead atoms. The van der Waals surface area contributed by atoms with Crippen LogP contribution in [-0.2, 0) is 9.84 Å². The van der Waals surface area contributed by atoms with Gasteiger partial charge in [-0.1, -0.05) is 23.8 Å². The normalized spacial score (nSPS) is 16.3. The summed E-state index contributed by atoms with van der Waals surface area (Å²) in [5.41, 5.74) is 1.49. The highest BCUT2D eigenvalue weighted by atomic mass is 32.2. The minimum atomic E-state index is -3.68. The summed E-state index contributed by atoms with van der Waals surface area (Å²) < 4.78 is 25.5. The van der Waals surface area contributed by atoms with Gasteiger partial charge in [0.2, 0.25) is 9.84 Å². The van der Waals surface area contributed by atoms with Crippen LogP contribution in [0.4, 0.5) is 5.69 Å². The molecule has 20 heavy (non-hydrogen) atoms. The van der Waals surface area contributed by atoms with Crippen molar-refractivity contribution in [1.82, 2.24) is 0 Å². The van der Waals surface area contributed by atoms with Gasteiger partial charge in [0.1, 0.15) is 0 Å². The van der Waals surface area contributed by atoms with Crippen molar-refractivity contribution in [3.8, 4) is 0 Å². The molecular weight excluding hydrogens is 274 g/mol.